The average Bonchev–Trinajstić information content (AvgIpc) is 2.78. The van der Waals surface area contributed by atoms with Gasteiger partial charge in [0.15, 0.2) is 5.82 Å². The summed E-state index contributed by atoms with van der Waals surface area (Å²) in [4.78, 5) is 25.3. The Kier molecular flexibility index (Phi) is 6.66. The zero-order valence-electron chi connectivity index (χ0n) is 16.6. The zero-order valence-corrected chi connectivity index (χ0v) is 16.6. The van der Waals surface area contributed by atoms with E-state index in [9.17, 15) is 4.79 Å². The second-order valence-corrected chi connectivity index (χ2v) is 6.31. The highest BCUT2D eigenvalue weighted by Crippen LogP contribution is 2.31. The van der Waals surface area contributed by atoms with Gasteiger partial charge in [-0.05, 0) is 36.8 Å². The van der Waals surface area contributed by atoms with Crippen LogP contribution in [-0.4, -0.2) is 52.4 Å². The largest absolute Gasteiger partial charge is 0.438 e. The van der Waals surface area contributed by atoms with E-state index in [0.717, 1.165) is 11.8 Å². The number of benzene rings is 1. The van der Waals surface area contributed by atoms with Crippen LogP contribution in [0.15, 0.2) is 42.7 Å². The summed E-state index contributed by atoms with van der Waals surface area (Å²) in [5.41, 5.74) is 2.25. The third kappa shape index (κ3) is 4.58. The molecule has 0 aliphatic rings. The van der Waals surface area contributed by atoms with Crippen molar-refractivity contribution in [1.29, 1.82) is 5.41 Å². The summed E-state index contributed by atoms with van der Waals surface area (Å²) in [5.74, 6) is 1.11. The number of carbonyl (C=O) groups is 1. The molecule has 30 heavy (non-hydrogen) atoms. The second kappa shape index (κ2) is 9.57. The van der Waals surface area contributed by atoms with Gasteiger partial charge >= 0.3 is 0 Å². The van der Waals surface area contributed by atoms with Crippen molar-refractivity contribution in [3.8, 4) is 23.0 Å². The summed E-state index contributed by atoms with van der Waals surface area (Å²) in [5, 5.41) is 22.2. The van der Waals surface area contributed by atoms with Gasteiger partial charge in [0.2, 0.25) is 5.88 Å². The maximum Gasteiger partial charge on any atom is 0.251 e. The molecule has 0 bridgehead atoms. The van der Waals surface area contributed by atoms with Crippen molar-refractivity contribution >= 4 is 17.9 Å². The highest BCUT2D eigenvalue weighted by molar-refractivity contribution is 5.94. The summed E-state index contributed by atoms with van der Waals surface area (Å²) < 4.78 is 6.04. The molecule has 0 saturated carbocycles. The van der Waals surface area contributed by atoms with Gasteiger partial charge in [-0.25, -0.2) is 4.98 Å². The molecule has 9 nitrogen and oxygen atoms in total. The lowest BCUT2D eigenvalue weighted by Crippen LogP contribution is -2.26. The number of ether oxygens (including phenoxy) is 1. The topological polar surface area (TPSA) is 133 Å². The molecule has 3 aromatic rings. The minimum Gasteiger partial charge on any atom is -0.438 e. The molecule has 0 fully saturated rings. The number of nitrogens with one attached hydrogen (secondary N) is 3. The van der Waals surface area contributed by atoms with Crippen molar-refractivity contribution in [2.24, 2.45) is 0 Å². The Morgan fingerprint density at radius 1 is 1.30 bits per heavy atom. The lowest BCUT2D eigenvalue weighted by atomic mass is 10.1. The van der Waals surface area contributed by atoms with Crippen LogP contribution in [-0.2, 0) is 0 Å². The Balaban J connectivity index is 2.03. The maximum atomic E-state index is 12.2. The van der Waals surface area contributed by atoms with E-state index in [4.69, 9.17) is 15.3 Å². The molecular formula is C21H22N6O3. The molecule has 4 N–H and O–H groups in total. The fourth-order valence-electron chi connectivity index (χ4n) is 2.70. The molecule has 0 spiro atoms. The van der Waals surface area contributed by atoms with E-state index in [1.807, 2.05) is 13.0 Å². The number of anilines is 1. The van der Waals surface area contributed by atoms with Gasteiger partial charge in [-0.3, -0.25) is 9.78 Å². The van der Waals surface area contributed by atoms with Gasteiger partial charge in [-0.2, -0.15) is 4.98 Å². The van der Waals surface area contributed by atoms with Gasteiger partial charge in [-0.1, -0.05) is 6.07 Å². The van der Waals surface area contributed by atoms with Crippen molar-refractivity contribution in [3.05, 3.63) is 59.4 Å². The summed E-state index contributed by atoms with van der Waals surface area (Å²) in [6, 6.07) is 8.64. The fourth-order valence-corrected chi connectivity index (χ4v) is 2.70. The van der Waals surface area contributed by atoms with E-state index in [1.165, 1.54) is 0 Å². The number of pyridine rings is 1. The number of aliphatic hydroxyl groups is 1. The molecule has 0 saturated heterocycles. The summed E-state index contributed by atoms with van der Waals surface area (Å²) >= 11 is 0. The molecule has 154 valence electrons. The molecule has 2 aromatic heterocycles. The van der Waals surface area contributed by atoms with Crippen LogP contribution in [0.2, 0.25) is 0 Å². The highest BCUT2D eigenvalue weighted by Gasteiger charge is 2.17. The van der Waals surface area contributed by atoms with E-state index in [1.54, 1.807) is 43.7 Å². The Morgan fingerprint density at radius 3 is 2.80 bits per heavy atom. The SMILES string of the molecule is CNc1nc(-c2cccnc2)nc(Oc2cc(C(=O)NCCO)ccc2C)c1C=N. The number of hydrogen-bond acceptors (Lipinski definition) is 8. The predicted molar refractivity (Wildman–Crippen MR) is 113 cm³/mol. The van der Waals surface area contributed by atoms with Crippen molar-refractivity contribution in [3.63, 3.8) is 0 Å². The smallest absolute Gasteiger partial charge is 0.251 e. The first-order valence-electron chi connectivity index (χ1n) is 9.25. The Bertz CT molecular complexity index is 1060. The monoisotopic (exact) mass is 406 g/mol. The molecule has 0 unspecified atom stereocenters. The first-order chi connectivity index (χ1) is 14.6. The molecule has 1 aromatic carbocycles. The standard InChI is InChI=1S/C21H22N6O3/c1-13-5-6-14(20(29)25-8-9-28)10-17(13)30-21-16(11-22)19(23-2)26-18(27-21)15-4-3-7-24-12-15/h3-7,10-12,22,28H,8-9H2,1-2H3,(H,25,29)(H,23,26,27). The Labute approximate surface area is 173 Å². The van der Waals surface area contributed by atoms with E-state index in [0.29, 0.717) is 34.1 Å². The Hall–Kier alpha value is -3.85. The van der Waals surface area contributed by atoms with Crippen LogP contribution >= 0.6 is 0 Å². The van der Waals surface area contributed by atoms with E-state index in [2.05, 4.69) is 25.6 Å². The molecule has 1 amide bonds. The third-order valence-corrected chi connectivity index (χ3v) is 4.27. The average molecular weight is 406 g/mol. The minimum atomic E-state index is -0.323. The van der Waals surface area contributed by atoms with E-state index < -0.39 is 0 Å². The number of aliphatic hydroxyl groups excluding tert-OH is 1. The van der Waals surface area contributed by atoms with E-state index >= 15 is 0 Å². The minimum absolute atomic E-state index is 0.144. The van der Waals surface area contributed by atoms with Crippen LogP contribution in [0.25, 0.3) is 11.4 Å². The molecule has 0 radical (unpaired) electrons. The van der Waals surface area contributed by atoms with Crippen molar-refractivity contribution in [2.45, 2.75) is 6.92 Å². The van der Waals surface area contributed by atoms with Crippen molar-refractivity contribution < 1.29 is 14.6 Å². The summed E-state index contributed by atoms with van der Waals surface area (Å²) in [7, 11) is 1.70. The first-order valence-corrected chi connectivity index (χ1v) is 9.25. The quantitative estimate of drug-likeness (QED) is 0.422. The Morgan fingerprint density at radius 2 is 2.13 bits per heavy atom. The highest BCUT2D eigenvalue weighted by atomic mass is 16.5. The van der Waals surface area contributed by atoms with Crippen LogP contribution in [0.4, 0.5) is 5.82 Å². The van der Waals surface area contributed by atoms with Crippen LogP contribution in [0.1, 0.15) is 21.5 Å². The fraction of sp³-hybridized carbons (Fsp3) is 0.190. The first kappa shape index (κ1) is 20.9. The van der Waals surface area contributed by atoms with Crippen molar-refractivity contribution in [1.82, 2.24) is 20.3 Å². The van der Waals surface area contributed by atoms with Crippen LogP contribution in [0.3, 0.4) is 0 Å². The molecule has 3 rings (SSSR count). The van der Waals surface area contributed by atoms with Gasteiger partial charge in [0, 0.05) is 43.3 Å². The van der Waals surface area contributed by atoms with Crippen LogP contribution < -0.4 is 15.4 Å². The number of rotatable bonds is 8. The summed E-state index contributed by atoms with van der Waals surface area (Å²) in [6.45, 7) is 1.86. The van der Waals surface area contributed by atoms with Crippen LogP contribution in [0, 0.1) is 12.3 Å². The molecule has 2 heterocycles. The van der Waals surface area contributed by atoms with Gasteiger partial charge in [0.25, 0.3) is 5.91 Å². The third-order valence-electron chi connectivity index (χ3n) is 4.27. The lowest BCUT2D eigenvalue weighted by molar-refractivity contribution is 0.0944. The van der Waals surface area contributed by atoms with Crippen molar-refractivity contribution in [2.75, 3.05) is 25.5 Å². The summed E-state index contributed by atoms with van der Waals surface area (Å²) in [6.07, 6.45) is 4.41. The number of nitrogens with zero attached hydrogens (tertiary/aromatic N) is 3. The maximum absolute atomic E-state index is 12.2. The van der Waals surface area contributed by atoms with E-state index in [-0.39, 0.29) is 24.9 Å². The molecule has 0 aliphatic heterocycles. The number of hydrogen-bond donors (Lipinski definition) is 4. The number of aryl methyl sites for hydroxylation is 1. The molecular weight excluding hydrogens is 384 g/mol. The predicted octanol–water partition coefficient (Wildman–Crippen LogP) is 2.40. The normalized spacial score (nSPS) is 10.4. The van der Waals surface area contributed by atoms with Crippen LogP contribution in [0.5, 0.6) is 11.6 Å². The molecule has 0 atom stereocenters. The number of carbonyl (C=O) groups excluding carboxylic acids is 1. The van der Waals surface area contributed by atoms with Gasteiger partial charge < -0.3 is 25.9 Å². The van der Waals surface area contributed by atoms with Gasteiger partial charge in [-0.15, -0.1) is 0 Å². The van der Waals surface area contributed by atoms with Gasteiger partial charge in [0.05, 0.1) is 12.2 Å². The second-order valence-electron chi connectivity index (χ2n) is 6.31. The molecule has 9 heteroatoms. The van der Waals surface area contributed by atoms with Gasteiger partial charge in [0.1, 0.15) is 11.6 Å². The zero-order chi connectivity index (χ0) is 21.5. The lowest BCUT2D eigenvalue weighted by Gasteiger charge is -2.15. The number of amides is 1. The number of aromatic nitrogens is 3. The molecule has 0 aliphatic carbocycles.